The van der Waals surface area contributed by atoms with Crippen molar-refractivity contribution in [2.45, 2.75) is 39.5 Å². The lowest BCUT2D eigenvalue weighted by Crippen LogP contribution is -2.34. The van der Waals surface area contributed by atoms with Gasteiger partial charge in [-0.3, -0.25) is 14.3 Å². The van der Waals surface area contributed by atoms with Crippen LogP contribution in [0.2, 0.25) is 0 Å². The molecule has 9 nitrogen and oxygen atoms in total. The second-order valence-electron chi connectivity index (χ2n) is 8.42. The van der Waals surface area contributed by atoms with E-state index in [2.05, 4.69) is 5.10 Å². The Labute approximate surface area is 197 Å². The van der Waals surface area contributed by atoms with Gasteiger partial charge in [0.25, 0.3) is 11.5 Å². The van der Waals surface area contributed by atoms with Crippen LogP contribution in [0.25, 0.3) is 0 Å². The van der Waals surface area contributed by atoms with Crippen LogP contribution in [0.1, 0.15) is 45.8 Å². The minimum atomic E-state index is -0.564. The standard InChI is InChI=1S/C25H28N4O5/c1-17(2)34-21-15-22(30)29-13-12-27(11-8-20(29)23(21)25(32)33-3)24(31)19-7-4-6-18(14-19)16-28-10-5-9-26-28/h4-7,9-10,14-15,17H,8,11-13,16H2,1-3H3. The summed E-state index contributed by atoms with van der Waals surface area (Å²) in [7, 11) is 1.30. The molecule has 0 fully saturated rings. The molecule has 9 heteroatoms. The van der Waals surface area contributed by atoms with Gasteiger partial charge in [0, 0.05) is 55.8 Å². The highest BCUT2D eigenvalue weighted by atomic mass is 16.5. The largest absolute Gasteiger partial charge is 0.490 e. The maximum Gasteiger partial charge on any atom is 0.343 e. The number of ether oxygens (including phenoxy) is 2. The molecule has 2 aromatic heterocycles. The third-order valence-electron chi connectivity index (χ3n) is 5.71. The molecule has 178 valence electrons. The molecule has 0 saturated heterocycles. The lowest BCUT2D eigenvalue weighted by molar-refractivity contribution is 0.0591. The maximum absolute atomic E-state index is 13.3. The highest BCUT2D eigenvalue weighted by Gasteiger charge is 2.28. The number of esters is 1. The number of rotatable bonds is 6. The zero-order valence-corrected chi connectivity index (χ0v) is 19.6. The zero-order valence-electron chi connectivity index (χ0n) is 19.6. The van der Waals surface area contributed by atoms with E-state index < -0.39 is 5.97 Å². The Morgan fingerprint density at radius 3 is 2.65 bits per heavy atom. The third-order valence-corrected chi connectivity index (χ3v) is 5.71. The second kappa shape index (κ2) is 9.94. The molecule has 0 unspecified atom stereocenters. The Hall–Kier alpha value is -3.88. The first-order chi connectivity index (χ1) is 16.4. The van der Waals surface area contributed by atoms with Crippen molar-refractivity contribution in [1.82, 2.24) is 19.2 Å². The van der Waals surface area contributed by atoms with Crippen LogP contribution in [0.4, 0.5) is 0 Å². The molecular formula is C25H28N4O5. The van der Waals surface area contributed by atoms with Gasteiger partial charge in [0.1, 0.15) is 11.3 Å². The number of benzene rings is 1. The number of methoxy groups -OCH3 is 1. The summed E-state index contributed by atoms with van der Waals surface area (Å²) in [5, 5.41) is 4.21. The van der Waals surface area contributed by atoms with Crippen molar-refractivity contribution in [2.24, 2.45) is 0 Å². The van der Waals surface area contributed by atoms with E-state index >= 15 is 0 Å². The van der Waals surface area contributed by atoms with Crippen LogP contribution in [0.15, 0.2) is 53.6 Å². The van der Waals surface area contributed by atoms with Crippen molar-refractivity contribution in [3.05, 3.63) is 81.5 Å². The molecule has 4 rings (SSSR count). The van der Waals surface area contributed by atoms with Crippen LogP contribution >= 0.6 is 0 Å². The summed E-state index contributed by atoms with van der Waals surface area (Å²) in [5.74, 6) is -0.476. The first kappa shape index (κ1) is 23.3. The Morgan fingerprint density at radius 1 is 1.12 bits per heavy atom. The Bertz CT molecular complexity index is 1250. The van der Waals surface area contributed by atoms with E-state index in [9.17, 15) is 14.4 Å². The minimum absolute atomic E-state index is 0.124. The number of fused-ring (bicyclic) bond motifs is 1. The summed E-state index contributed by atoms with van der Waals surface area (Å²) >= 11 is 0. The van der Waals surface area contributed by atoms with Crippen molar-refractivity contribution in [2.75, 3.05) is 20.2 Å². The molecule has 34 heavy (non-hydrogen) atoms. The first-order valence-electron chi connectivity index (χ1n) is 11.2. The molecule has 3 heterocycles. The molecule has 1 aliphatic rings. The van der Waals surface area contributed by atoms with Crippen molar-refractivity contribution in [1.29, 1.82) is 0 Å². The maximum atomic E-state index is 13.3. The molecule has 0 aliphatic carbocycles. The van der Waals surface area contributed by atoms with E-state index in [4.69, 9.17) is 9.47 Å². The average Bonchev–Trinajstić information content (AvgIpc) is 3.22. The monoisotopic (exact) mass is 464 g/mol. The van der Waals surface area contributed by atoms with Crippen LogP contribution in [-0.2, 0) is 24.2 Å². The number of aromatic nitrogens is 3. The number of nitrogens with zero attached hydrogens (tertiary/aromatic N) is 4. The molecule has 0 saturated carbocycles. The smallest absolute Gasteiger partial charge is 0.343 e. The van der Waals surface area contributed by atoms with Crippen molar-refractivity contribution in [3.63, 3.8) is 0 Å². The zero-order chi connectivity index (χ0) is 24.2. The number of hydrogen-bond donors (Lipinski definition) is 0. The predicted octanol–water partition coefficient (Wildman–Crippen LogP) is 2.37. The average molecular weight is 465 g/mol. The second-order valence-corrected chi connectivity index (χ2v) is 8.42. The summed E-state index contributed by atoms with van der Waals surface area (Å²) in [4.78, 5) is 40.5. The lowest BCUT2D eigenvalue weighted by atomic mass is 10.1. The Balaban J connectivity index is 1.60. The predicted molar refractivity (Wildman–Crippen MR) is 125 cm³/mol. The van der Waals surface area contributed by atoms with Gasteiger partial charge < -0.3 is 18.9 Å². The highest BCUT2D eigenvalue weighted by Crippen LogP contribution is 2.25. The van der Waals surface area contributed by atoms with Gasteiger partial charge in [0.05, 0.1) is 19.8 Å². The van der Waals surface area contributed by atoms with Gasteiger partial charge in [-0.1, -0.05) is 12.1 Å². The van der Waals surface area contributed by atoms with E-state index in [1.54, 1.807) is 26.4 Å². The number of hydrogen-bond acceptors (Lipinski definition) is 6. The number of pyridine rings is 1. The Kier molecular flexibility index (Phi) is 6.81. The van der Waals surface area contributed by atoms with Gasteiger partial charge in [-0.15, -0.1) is 0 Å². The third kappa shape index (κ3) is 4.88. The van der Waals surface area contributed by atoms with E-state index in [1.807, 2.05) is 44.3 Å². The molecule has 0 N–H and O–H groups in total. The fraction of sp³-hybridized carbons (Fsp3) is 0.360. The van der Waals surface area contributed by atoms with E-state index in [0.29, 0.717) is 37.3 Å². The van der Waals surface area contributed by atoms with E-state index in [0.717, 1.165) is 5.56 Å². The first-order valence-corrected chi connectivity index (χ1v) is 11.2. The lowest BCUT2D eigenvalue weighted by Gasteiger charge is -2.20. The van der Waals surface area contributed by atoms with E-state index in [-0.39, 0.29) is 35.4 Å². The molecule has 1 amide bonds. The molecular weight excluding hydrogens is 436 g/mol. The number of carbonyl (C=O) groups excluding carboxylic acids is 2. The fourth-order valence-corrected chi connectivity index (χ4v) is 4.19. The van der Waals surface area contributed by atoms with Crippen LogP contribution < -0.4 is 10.3 Å². The minimum Gasteiger partial charge on any atom is -0.490 e. The number of carbonyl (C=O) groups is 2. The topological polar surface area (TPSA) is 95.7 Å². The van der Waals surface area contributed by atoms with Crippen LogP contribution in [0, 0.1) is 0 Å². The molecule has 1 aliphatic heterocycles. The number of amides is 1. The van der Waals surface area contributed by atoms with Crippen molar-refractivity contribution < 1.29 is 19.1 Å². The molecule has 0 radical (unpaired) electrons. The SMILES string of the molecule is COC(=O)c1c(OC(C)C)cc(=O)n2c1CCN(C(=O)c1cccc(Cn3cccn3)c1)CC2. The van der Waals surface area contributed by atoms with Crippen LogP contribution in [0.5, 0.6) is 5.75 Å². The van der Waals surface area contributed by atoms with E-state index in [1.165, 1.54) is 13.2 Å². The van der Waals surface area contributed by atoms with Gasteiger partial charge in [0.15, 0.2) is 0 Å². The van der Waals surface area contributed by atoms with Gasteiger partial charge in [-0.25, -0.2) is 4.79 Å². The molecule has 1 aromatic carbocycles. The summed E-state index contributed by atoms with van der Waals surface area (Å²) in [6.45, 7) is 5.20. The van der Waals surface area contributed by atoms with Crippen molar-refractivity contribution in [3.8, 4) is 5.75 Å². The molecule has 3 aromatic rings. The van der Waals surface area contributed by atoms with Gasteiger partial charge in [0.2, 0.25) is 0 Å². The highest BCUT2D eigenvalue weighted by molar-refractivity contribution is 5.95. The van der Waals surface area contributed by atoms with Gasteiger partial charge >= 0.3 is 5.97 Å². The summed E-state index contributed by atoms with van der Waals surface area (Å²) in [5.41, 5.74) is 2.03. The van der Waals surface area contributed by atoms with Gasteiger partial charge in [-0.05, 0) is 37.6 Å². The molecule has 0 atom stereocenters. The Morgan fingerprint density at radius 2 is 1.94 bits per heavy atom. The molecule has 0 spiro atoms. The van der Waals surface area contributed by atoms with Crippen LogP contribution in [0.3, 0.4) is 0 Å². The van der Waals surface area contributed by atoms with Crippen LogP contribution in [-0.4, -0.2) is 57.4 Å². The van der Waals surface area contributed by atoms with Gasteiger partial charge in [-0.2, -0.15) is 5.10 Å². The normalized spacial score (nSPS) is 13.4. The summed E-state index contributed by atoms with van der Waals surface area (Å²) in [6, 6.07) is 10.6. The summed E-state index contributed by atoms with van der Waals surface area (Å²) < 4.78 is 14.1. The molecule has 0 bridgehead atoms. The quantitative estimate of drug-likeness (QED) is 0.520. The fourth-order valence-electron chi connectivity index (χ4n) is 4.19. The summed E-state index contributed by atoms with van der Waals surface area (Å²) in [6.07, 6.45) is 3.69. The van der Waals surface area contributed by atoms with Crippen molar-refractivity contribution >= 4 is 11.9 Å².